The third kappa shape index (κ3) is 4.23. The molecule has 1 aliphatic rings. The van der Waals surface area contributed by atoms with E-state index in [0.717, 1.165) is 29.9 Å². The molecule has 0 saturated carbocycles. The molecule has 0 spiro atoms. The molecule has 1 aromatic heterocycles. The highest BCUT2D eigenvalue weighted by Gasteiger charge is 2.26. The van der Waals surface area contributed by atoms with E-state index in [9.17, 15) is 4.79 Å². The smallest absolute Gasteiger partial charge is 0.410 e. The fourth-order valence-corrected chi connectivity index (χ4v) is 2.31. The summed E-state index contributed by atoms with van der Waals surface area (Å²) in [6.07, 6.45) is 3.44. The molecule has 0 aromatic carbocycles. The summed E-state index contributed by atoms with van der Waals surface area (Å²) in [5.41, 5.74) is 2.67. The predicted octanol–water partition coefficient (Wildman–Crippen LogP) is 3.17. The summed E-state index contributed by atoms with van der Waals surface area (Å²) in [4.78, 5) is 20.3. The van der Waals surface area contributed by atoms with Crippen molar-refractivity contribution in [2.75, 3.05) is 31.1 Å². The number of ether oxygens (including phenoxy) is 1. The Morgan fingerprint density at radius 3 is 2.41 bits per heavy atom. The van der Waals surface area contributed by atoms with E-state index in [1.807, 2.05) is 40.1 Å². The number of amides is 1. The average Bonchev–Trinajstić information content (AvgIpc) is 2.46. The van der Waals surface area contributed by atoms with Gasteiger partial charge in [-0.2, -0.15) is 0 Å². The Morgan fingerprint density at radius 1 is 1.23 bits per heavy atom. The van der Waals surface area contributed by atoms with Gasteiger partial charge < -0.3 is 14.5 Å². The highest BCUT2D eigenvalue weighted by atomic mass is 16.6. The van der Waals surface area contributed by atoms with Gasteiger partial charge in [0.1, 0.15) is 5.60 Å². The van der Waals surface area contributed by atoms with E-state index >= 15 is 0 Å². The highest BCUT2D eigenvalue weighted by Crippen LogP contribution is 2.21. The largest absolute Gasteiger partial charge is 0.444 e. The first-order chi connectivity index (χ1) is 10.3. The van der Waals surface area contributed by atoms with Gasteiger partial charge in [-0.1, -0.05) is 6.58 Å². The van der Waals surface area contributed by atoms with Crippen LogP contribution in [0, 0.1) is 0 Å². The minimum absolute atomic E-state index is 0.235. The van der Waals surface area contributed by atoms with Crippen LogP contribution in [-0.4, -0.2) is 47.8 Å². The Hall–Kier alpha value is -2.04. The second-order valence-corrected chi connectivity index (χ2v) is 6.67. The molecule has 120 valence electrons. The first-order valence-corrected chi connectivity index (χ1v) is 7.60. The molecule has 1 fully saturated rings. The van der Waals surface area contributed by atoms with Crippen LogP contribution in [0.4, 0.5) is 10.5 Å². The molecule has 1 saturated heterocycles. The molecule has 0 atom stereocenters. The molecule has 2 rings (SSSR count). The minimum Gasteiger partial charge on any atom is -0.444 e. The summed E-state index contributed by atoms with van der Waals surface area (Å²) < 4.78 is 5.41. The van der Waals surface area contributed by atoms with Crippen molar-refractivity contribution >= 4 is 17.4 Å². The fraction of sp³-hybridized carbons (Fsp3) is 0.529. The number of carbonyl (C=O) groups excluding carboxylic acids is 1. The van der Waals surface area contributed by atoms with E-state index < -0.39 is 5.60 Å². The number of rotatable bonds is 2. The molecule has 1 aliphatic heterocycles. The molecule has 5 heteroatoms. The van der Waals surface area contributed by atoms with E-state index in [2.05, 4.69) is 22.5 Å². The zero-order valence-electron chi connectivity index (χ0n) is 13.9. The molecule has 0 unspecified atom stereocenters. The van der Waals surface area contributed by atoms with Crippen molar-refractivity contribution in [3.8, 4) is 0 Å². The summed E-state index contributed by atoms with van der Waals surface area (Å²) in [5, 5.41) is 0. The summed E-state index contributed by atoms with van der Waals surface area (Å²) in [7, 11) is 0. The third-order valence-electron chi connectivity index (χ3n) is 3.51. The molecule has 0 bridgehead atoms. The standard InChI is InChI=1S/C17H25N3O2/c1-13(2)14-10-15(12-18-11-14)19-6-8-20(9-7-19)16(21)22-17(3,4)5/h10-12H,1,6-9H2,2-5H3. The van der Waals surface area contributed by atoms with Gasteiger partial charge in [-0.3, -0.25) is 4.98 Å². The molecule has 0 radical (unpaired) electrons. The maximum atomic E-state index is 12.1. The Balaban J connectivity index is 1.96. The number of allylic oxidation sites excluding steroid dienone is 1. The van der Waals surface area contributed by atoms with Crippen LogP contribution in [0.25, 0.3) is 5.57 Å². The van der Waals surface area contributed by atoms with Crippen molar-refractivity contribution in [1.82, 2.24) is 9.88 Å². The number of carbonyl (C=O) groups is 1. The second-order valence-electron chi connectivity index (χ2n) is 6.67. The molecule has 2 heterocycles. The number of hydrogen-bond acceptors (Lipinski definition) is 4. The summed E-state index contributed by atoms with van der Waals surface area (Å²) in [6.45, 7) is 14.5. The SMILES string of the molecule is C=C(C)c1cncc(N2CCN(C(=O)OC(C)(C)C)CC2)c1. The molecule has 5 nitrogen and oxygen atoms in total. The van der Waals surface area contributed by atoms with Gasteiger partial charge in [-0.05, 0) is 44.9 Å². The molecular weight excluding hydrogens is 278 g/mol. The van der Waals surface area contributed by atoms with E-state index in [-0.39, 0.29) is 6.09 Å². The number of piperazine rings is 1. The molecule has 22 heavy (non-hydrogen) atoms. The average molecular weight is 303 g/mol. The number of hydrogen-bond donors (Lipinski definition) is 0. The lowest BCUT2D eigenvalue weighted by atomic mass is 10.1. The third-order valence-corrected chi connectivity index (χ3v) is 3.51. The van der Waals surface area contributed by atoms with Crippen LogP contribution in [0.1, 0.15) is 33.3 Å². The lowest BCUT2D eigenvalue weighted by molar-refractivity contribution is 0.0240. The van der Waals surface area contributed by atoms with Gasteiger partial charge >= 0.3 is 6.09 Å². The van der Waals surface area contributed by atoms with Gasteiger partial charge in [-0.15, -0.1) is 0 Å². The van der Waals surface area contributed by atoms with Crippen molar-refractivity contribution in [3.63, 3.8) is 0 Å². The van der Waals surface area contributed by atoms with Gasteiger partial charge in [0.2, 0.25) is 0 Å². The van der Waals surface area contributed by atoms with Gasteiger partial charge in [0.05, 0.1) is 11.9 Å². The van der Waals surface area contributed by atoms with Crippen molar-refractivity contribution in [1.29, 1.82) is 0 Å². The predicted molar refractivity (Wildman–Crippen MR) is 89.0 cm³/mol. The zero-order chi connectivity index (χ0) is 16.3. The van der Waals surface area contributed by atoms with Crippen molar-refractivity contribution < 1.29 is 9.53 Å². The van der Waals surface area contributed by atoms with Crippen LogP contribution in [-0.2, 0) is 4.74 Å². The molecular formula is C17H25N3O2. The number of aromatic nitrogens is 1. The maximum Gasteiger partial charge on any atom is 0.410 e. The highest BCUT2D eigenvalue weighted by molar-refractivity contribution is 5.69. The number of pyridine rings is 1. The second kappa shape index (κ2) is 6.38. The van der Waals surface area contributed by atoms with Crippen LogP contribution in [0.15, 0.2) is 25.0 Å². The lowest BCUT2D eigenvalue weighted by Crippen LogP contribution is -2.50. The molecule has 1 amide bonds. The van der Waals surface area contributed by atoms with Crippen LogP contribution in [0.5, 0.6) is 0 Å². The quantitative estimate of drug-likeness (QED) is 0.842. The Kier molecular flexibility index (Phi) is 4.74. The Morgan fingerprint density at radius 2 is 1.86 bits per heavy atom. The van der Waals surface area contributed by atoms with Crippen molar-refractivity contribution in [2.45, 2.75) is 33.3 Å². The van der Waals surface area contributed by atoms with Gasteiger partial charge in [0.15, 0.2) is 0 Å². The van der Waals surface area contributed by atoms with E-state index in [1.54, 1.807) is 4.90 Å². The van der Waals surface area contributed by atoms with Crippen LogP contribution in [0.3, 0.4) is 0 Å². The zero-order valence-corrected chi connectivity index (χ0v) is 13.9. The van der Waals surface area contributed by atoms with Crippen LogP contribution < -0.4 is 4.90 Å². The Labute approximate surface area is 132 Å². The fourth-order valence-electron chi connectivity index (χ4n) is 2.31. The summed E-state index contributed by atoms with van der Waals surface area (Å²) in [5.74, 6) is 0. The van der Waals surface area contributed by atoms with E-state index in [4.69, 9.17) is 4.74 Å². The number of nitrogens with zero attached hydrogens (tertiary/aromatic N) is 3. The topological polar surface area (TPSA) is 45.7 Å². The van der Waals surface area contributed by atoms with Gasteiger partial charge in [0, 0.05) is 32.4 Å². The van der Waals surface area contributed by atoms with Gasteiger partial charge in [-0.25, -0.2) is 4.79 Å². The minimum atomic E-state index is -0.450. The number of anilines is 1. The van der Waals surface area contributed by atoms with E-state index in [1.165, 1.54) is 0 Å². The van der Waals surface area contributed by atoms with E-state index in [0.29, 0.717) is 13.1 Å². The summed E-state index contributed by atoms with van der Waals surface area (Å²) in [6, 6.07) is 2.10. The molecule has 0 aliphatic carbocycles. The van der Waals surface area contributed by atoms with Crippen molar-refractivity contribution in [2.24, 2.45) is 0 Å². The van der Waals surface area contributed by atoms with Crippen LogP contribution in [0.2, 0.25) is 0 Å². The lowest BCUT2D eigenvalue weighted by Gasteiger charge is -2.36. The van der Waals surface area contributed by atoms with Gasteiger partial charge in [0.25, 0.3) is 0 Å². The molecule has 1 aromatic rings. The van der Waals surface area contributed by atoms with Crippen molar-refractivity contribution in [3.05, 3.63) is 30.6 Å². The first kappa shape index (κ1) is 16.3. The Bertz CT molecular complexity index is 555. The maximum absolute atomic E-state index is 12.1. The molecule has 0 N–H and O–H groups in total. The monoisotopic (exact) mass is 303 g/mol. The normalized spacial score (nSPS) is 15.6. The first-order valence-electron chi connectivity index (χ1n) is 7.60. The summed E-state index contributed by atoms with van der Waals surface area (Å²) >= 11 is 0. The van der Waals surface area contributed by atoms with Crippen LogP contribution >= 0.6 is 0 Å².